The van der Waals surface area contributed by atoms with Crippen molar-refractivity contribution in [2.24, 2.45) is 5.73 Å². The molecule has 3 rings (SSSR count). The fourth-order valence-corrected chi connectivity index (χ4v) is 3.45. The van der Waals surface area contributed by atoms with Crippen molar-refractivity contribution in [3.8, 4) is 16.9 Å². The number of carbonyl (C=O) groups is 1. The van der Waals surface area contributed by atoms with Gasteiger partial charge in [0.2, 0.25) is 0 Å². The Morgan fingerprint density at radius 1 is 1.15 bits per heavy atom. The maximum atomic E-state index is 11.8. The quantitative estimate of drug-likeness (QED) is 0.731. The molecule has 1 aliphatic rings. The predicted octanol–water partition coefficient (Wildman–Crippen LogP) is 1.72. The molecule has 26 heavy (non-hydrogen) atoms. The van der Waals surface area contributed by atoms with Crippen molar-refractivity contribution in [1.82, 2.24) is 10.2 Å². The van der Waals surface area contributed by atoms with Gasteiger partial charge in [-0.3, -0.25) is 9.69 Å². The number of hydrogen-bond acceptors (Lipinski definition) is 5. The molecule has 2 aromatic rings. The number of ether oxygens (including phenoxy) is 1. The zero-order chi connectivity index (χ0) is 18.5. The van der Waals surface area contributed by atoms with E-state index in [4.69, 9.17) is 10.5 Å². The molecule has 1 fully saturated rings. The van der Waals surface area contributed by atoms with Gasteiger partial charge in [-0.15, -0.1) is 0 Å². The molecular formula is C20H25N3O3. The highest BCUT2D eigenvalue weighted by Gasteiger charge is 2.33. The van der Waals surface area contributed by atoms with Crippen LogP contribution in [0.3, 0.4) is 0 Å². The van der Waals surface area contributed by atoms with E-state index in [9.17, 15) is 9.90 Å². The molecule has 6 heteroatoms. The van der Waals surface area contributed by atoms with Crippen molar-refractivity contribution < 1.29 is 14.6 Å². The average molecular weight is 355 g/mol. The van der Waals surface area contributed by atoms with Gasteiger partial charge in [0.15, 0.2) is 0 Å². The van der Waals surface area contributed by atoms with Crippen molar-refractivity contribution in [2.45, 2.75) is 12.1 Å². The number of piperazine rings is 1. The summed E-state index contributed by atoms with van der Waals surface area (Å²) in [5.74, 6) is -0.0815. The Morgan fingerprint density at radius 2 is 1.81 bits per heavy atom. The summed E-state index contributed by atoms with van der Waals surface area (Å²) in [6, 6.07) is 14.2. The lowest BCUT2D eigenvalue weighted by atomic mass is 9.95. The van der Waals surface area contributed by atoms with Crippen LogP contribution in [0.5, 0.6) is 5.75 Å². The lowest BCUT2D eigenvalue weighted by Gasteiger charge is -2.35. The van der Waals surface area contributed by atoms with Crippen molar-refractivity contribution >= 4 is 5.97 Å². The molecule has 1 saturated heterocycles. The van der Waals surface area contributed by atoms with Crippen molar-refractivity contribution in [3.63, 3.8) is 0 Å². The van der Waals surface area contributed by atoms with Crippen molar-refractivity contribution in [2.75, 3.05) is 33.3 Å². The van der Waals surface area contributed by atoms with Gasteiger partial charge in [0, 0.05) is 31.7 Å². The molecule has 2 aromatic carbocycles. The smallest absolute Gasteiger partial charge is 0.322 e. The zero-order valence-electron chi connectivity index (χ0n) is 14.9. The fourth-order valence-electron chi connectivity index (χ4n) is 3.45. The molecule has 0 spiro atoms. The van der Waals surface area contributed by atoms with Gasteiger partial charge in [0.25, 0.3) is 0 Å². The van der Waals surface area contributed by atoms with Gasteiger partial charge in [-0.05, 0) is 17.2 Å². The van der Waals surface area contributed by atoms with Crippen LogP contribution in [0.1, 0.15) is 11.6 Å². The van der Waals surface area contributed by atoms with E-state index in [0.29, 0.717) is 13.1 Å². The first-order valence-corrected chi connectivity index (χ1v) is 8.78. The summed E-state index contributed by atoms with van der Waals surface area (Å²) in [7, 11) is 1.65. The third-order valence-electron chi connectivity index (χ3n) is 4.85. The Bertz CT molecular complexity index is 742. The monoisotopic (exact) mass is 355 g/mol. The SMILES string of the molecule is COc1ccccc1-c1ccc([C@@H](N)C(C(=O)O)N2CCNCC2)cc1. The van der Waals surface area contributed by atoms with Gasteiger partial charge < -0.3 is 20.9 Å². The minimum Gasteiger partial charge on any atom is -0.496 e. The Morgan fingerprint density at radius 3 is 2.42 bits per heavy atom. The molecule has 4 N–H and O–H groups in total. The molecule has 2 atom stereocenters. The third kappa shape index (κ3) is 3.88. The lowest BCUT2D eigenvalue weighted by Crippen LogP contribution is -2.54. The van der Waals surface area contributed by atoms with Crippen LogP contribution in [0.4, 0.5) is 0 Å². The topological polar surface area (TPSA) is 87.8 Å². The number of nitrogens with two attached hydrogens (primary N) is 1. The van der Waals surface area contributed by atoms with Crippen LogP contribution in [0.25, 0.3) is 11.1 Å². The summed E-state index contributed by atoms with van der Waals surface area (Å²) in [4.78, 5) is 13.8. The molecule has 1 heterocycles. The van der Waals surface area contributed by atoms with Gasteiger partial charge >= 0.3 is 5.97 Å². The minimum atomic E-state index is -0.881. The minimum absolute atomic E-state index is 0.586. The van der Waals surface area contributed by atoms with E-state index in [1.807, 2.05) is 53.4 Å². The number of rotatable bonds is 6. The van der Waals surface area contributed by atoms with Gasteiger partial charge in [-0.2, -0.15) is 0 Å². The number of carboxylic acid groups (broad SMARTS) is 1. The third-order valence-corrected chi connectivity index (χ3v) is 4.85. The van der Waals surface area contributed by atoms with Crippen LogP contribution in [0.2, 0.25) is 0 Å². The molecule has 138 valence electrons. The number of para-hydroxylation sites is 1. The van der Waals surface area contributed by atoms with Crippen LogP contribution < -0.4 is 15.8 Å². The number of hydrogen-bond donors (Lipinski definition) is 3. The predicted molar refractivity (Wildman–Crippen MR) is 101 cm³/mol. The van der Waals surface area contributed by atoms with E-state index in [2.05, 4.69) is 5.32 Å². The second-order valence-corrected chi connectivity index (χ2v) is 6.42. The molecule has 0 amide bonds. The van der Waals surface area contributed by atoms with E-state index in [-0.39, 0.29) is 0 Å². The molecule has 0 saturated carbocycles. The number of nitrogens with zero attached hydrogens (tertiary/aromatic N) is 1. The highest BCUT2D eigenvalue weighted by Crippen LogP contribution is 2.30. The summed E-state index contributed by atoms with van der Waals surface area (Å²) in [6.07, 6.45) is 0. The van der Waals surface area contributed by atoms with Crippen LogP contribution >= 0.6 is 0 Å². The average Bonchev–Trinajstić information content (AvgIpc) is 2.68. The second kappa shape index (κ2) is 8.31. The summed E-state index contributed by atoms with van der Waals surface area (Å²) in [5, 5.41) is 12.9. The molecule has 0 radical (unpaired) electrons. The summed E-state index contributed by atoms with van der Waals surface area (Å²) in [5.41, 5.74) is 9.16. The first kappa shape index (κ1) is 18.4. The van der Waals surface area contributed by atoms with E-state index in [0.717, 1.165) is 35.5 Å². The lowest BCUT2D eigenvalue weighted by molar-refractivity contribution is -0.144. The van der Waals surface area contributed by atoms with Gasteiger partial charge in [-0.1, -0.05) is 42.5 Å². The molecule has 6 nitrogen and oxygen atoms in total. The Balaban J connectivity index is 1.83. The van der Waals surface area contributed by atoms with Crippen LogP contribution in [0, 0.1) is 0 Å². The largest absolute Gasteiger partial charge is 0.496 e. The number of aliphatic carboxylic acids is 1. The summed E-state index contributed by atoms with van der Waals surface area (Å²) in [6.45, 7) is 2.93. The van der Waals surface area contributed by atoms with E-state index < -0.39 is 18.1 Å². The van der Waals surface area contributed by atoms with Crippen molar-refractivity contribution in [3.05, 3.63) is 54.1 Å². The van der Waals surface area contributed by atoms with Gasteiger partial charge in [0.05, 0.1) is 13.2 Å². The fraction of sp³-hybridized carbons (Fsp3) is 0.350. The normalized spacial score (nSPS) is 17.5. The molecule has 1 aliphatic heterocycles. The Labute approximate surface area is 153 Å². The van der Waals surface area contributed by atoms with Crippen molar-refractivity contribution in [1.29, 1.82) is 0 Å². The van der Waals surface area contributed by atoms with E-state index >= 15 is 0 Å². The van der Waals surface area contributed by atoms with Crippen LogP contribution in [0.15, 0.2) is 48.5 Å². The Kier molecular flexibility index (Phi) is 5.88. The number of methoxy groups -OCH3 is 1. The standard InChI is InChI=1S/C20H25N3O3/c1-26-17-5-3-2-4-16(17)14-6-8-15(9-7-14)18(21)19(20(24)25)23-12-10-22-11-13-23/h2-9,18-19,22H,10-13,21H2,1H3,(H,24,25)/t18-,19?/m1/s1. The highest BCUT2D eigenvalue weighted by atomic mass is 16.5. The molecule has 0 aliphatic carbocycles. The van der Waals surface area contributed by atoms with Crippen LogP contribution in [-0.2, 0) is 4.79 Å². The van der Waals surface area contributed by atoms with E-state index in [1.54, 1.807) is 7.11 Å². The molecule has 1 unspecified atom stereocenters. The summed E-state index contributed by atoms with van der Waals surface area (Å²) >= 11 is 0. The first-order chi connectivity index (χ1) is 12.6. The maximum absolute atomic E-state index is 11.8. The van der Waals surface area contributed by atoms with Crippen LogP contribution in [-0.4, -0.2) is 55.3 Å². The van der Waals surface area contributed by atoms with Gasteiger partial charge in [0.1, 0.15) is 11.8 Å². The molecular weight excluding hydrogens is 330 g/mol. The second-order valence-electron chi connectivity index (χ2n) is 6.42. The summed E-state index contributed by atoms with van der Waals surface area (Å²) < 4.78 is 5.41. The number of nitrogens with one attached hydrogen (secondary N) is 1. The first-order valence-electron chi connectivity index (χ1n) is 8.78. The zero-order valence-corrected chi connectivity index (χ0v) is 14.9. The number of benzene rings is 2. The highest BCUT2D eigenvalue weighted by molar-refractivity contribution is 5.75. The maximum Gasteiger partial charge on any atom is 0.322 e. The molecule has 0 aromatic heterocycles. The molecule has 0 bridgehead atoms. The Hall–Kier alpha value is -2.41. The van der Waals surface area contributed by atoms with E-state index in [1.165, 1.54) is 0 Å². The number of carboxylic acids is 1. The van der Waals surface area contributed by atoms with Gasteiger partial charge in [-0.25, -0.2) is 0 Å².